The molecule has 0 radical (unpaired) electrons. The van der Waals surface area contributed by atoms with Crippen LogP contribution in [0.3, 0.4) is 0 Å². The fraction of sp³-hybridized carbons (Fsp3) is 0.562. The van der Waals surface area contributed by atoms with Crippen LogP contribution in [0.5, 0.6) is 0 Å². The van der Waals surface area contributed by atoms with Gasteiger partial charge in [-0.3, -0.25) is 4.79 Å². The van der Waals surface area contributed by atoms with Crippen LogP contribution in [-0.4, -0.2) is 64.7 Å². The van der Waals surface area contributed by atoms with Crippen LogP contribution < -0.4 is 10.6 Å². The van der Waals surface area contributed by atoms with Gasteiger partial charge in [0.1, 0.15) is 0 Å². The van der Waals surface area contributed by atoms with E-state index >= 15 is 0 Å². The van der Waals surface area contributed by atoms with Gasteiger partial charge in [-0.25, -0.2) is 8.42 Å². The molecule has 1 amide bonds. The van der Waals surface area contributed by atoms with Gasteiger partial charge in [-0.15, -0.1) is 0 Å². The van der Waals surface area contributed by atoms with Gasteiger partial charge >= 0.3 is 0 Å². The number of benzene rings is 1. The molecule has 0 atom stereocenters. The Bertz CT molecular complexity index is 653. The Kier molecular flexibility index (Phi) is 6.15. The van der Waals surface area contributed by atoms with Crippen molar-refractivity contribution in [2.24, 2.45) is 0 Å². The van der Waals surface area contributed by atoms with Crippen LogP contribution in [0.25, 0.3) is 0 Å². The average Bonchev–Trinajstić information content (AvgIpc) is 2.51. The van der Waals surface area contributed by atoms with Gasteiger partial charge in [0.15, 0.2) is 9.84 Å². The van der Waals surface area contributed by atoms with Crippen LogP contribution in [0, 0.1) is 6.92 Å². The molecule has 6 nitrogen and oxygen atoms in total. The Labute approximate surface area is 138 Å². The fourth-order valence-electron chi connectivity index (χ4n) is 2.61. The zero-order valence-corrected chi connectivity index (χ0v) is 14.6. The Morgan fingerprint density at radius 2 is 2.00 bits per heavy atom. The minimum Gasteiger partial charge on any atom is -0.352 e. The lowest BCUT2D eigenvalue weighted by atomic mass is 10.1. The maximum absolute atomic E-state index is 12.3. The second kappa shape index (κ2) is 7.90. The number of aryl methyl sites for hydroxylation is 1. The van der Waals surface area contributed by atoms with E-state index < -0.39 is 9.84 Å². The van der Waals surface area contributed by atoms with Crippen molar-refractivity contribution in [1.82, 2.24) is 15.5 Å². The summed E-state index contributed by atoms with van der Waals surface area (Å²) in [5, 5.41) is 6.19. The van der Waals surface area contributed by atoms with Crippen molar-refractivity contribution in [2.75, 3.05) is 45.5 Å². The molecule has 128 valence electrons. The first-order valence-corrected chi connectivity index (χ1v) is 9.79. The number of piperazine rings is 1. The lowest BCUT2D eigenvalue weighted by molar-refractivity contribution is 0.0950. The van der Waals surface area contributed by atoms with Crippen molar-refractivity contribution in [1.29, 1.82) is 0 Å². The number of carbonyl (C=O) groups excluding carboxylic acids is 1. The maximum Gasteiger partial charge on any atom is 0.251 e. The van der Waals surface area contributed by atoms with E-state index in [1.54, 1.807) is 6.07 Å². The monoisotopic (exact) mass is 339 g/mol. The summed E-state index contributed by atoms with van der Waals surface area (Å²) >= 11 is 0. The second-order valence-corrected chi connectivity index (χ2v) is 7.97. The topological polar surface area (TPSA) is 78.5 Å². The van der Waals surface area contributed by atoms with Crippen molar-refractivity contribution in [3.63, 3.8) is 0 Å². The van der Waals surface area contributed by atoms with Gasteiger partial charge in [-0.1, -0.05) is 6.07 Å². The minimum absolute atomic E-state index is 0.175. The van der Waals surface area contributed by atoms with Crippen LogP contribution in [0.1, 0.15) is 22.3 Å². The SMILES string of the molecule is Cc1ccc(S(C)(=O)=O)cc1C(=O)NCCCN1CCNCC1. The average molecular weight is 339 g/mol. The molecule has 1 aliphatic rings. The standard InChI is InChI=1S/C16H25N3O3S/c1-13-4-5-14(23(2,21)22)12-15(13)16(20)18-6-3-9-19-10-7-17-8-11-19/h4-5,12,17H,3,6-11H2,1-2H3,(H,18,20). The molecule has 0 spiro atoms. The van der Waals surface area contributed by atoms with E-state index in [0.29, 0.717) is 12.1 Å². The summed E-state index contributed by atoms with van der Waals surface area (Å²) in [6.07, 6.45) is 2.03. The van der Waals surface area contributed by atoms with Crippen molar-refractivity contribution >= 4 is 15.7 Å². The summed E-state index contributed by atoms with van der Waals surface area (Å²) in [5.41, 5.74) is 1.20. The Morgan fingerprint density at radius 1 is 1.30 bits per heavy atom. The summed E-state index contributed by atoms with van der Waals surface area (Å²) in [4.78, 5) is 14.8. The van der Waals surface area contributed by atoms with Crippen LogP contribution in [-0.2, 0) is 9.84 Å². The van der Waals surface area contributed by atoms with Gasteiger partial charge in [0.2, 0.25) is 0 Å². The summed E-state index contributed by atoms with van der Waals surface area (Å²) in [7, 11) is -3.31. The van der Waals surface area contributed by atoms with E-state index in [0.717, 1.165) is 51.0 Å². The Balaban J connectivity index is 1.87. The van der Waals surface area contributed by atoms with Crippen molar-refractivity contribution in [3.8, 4) is 0 Å². The highest BCUT2D eigenvalue weighted by molar-refractivity contribution is 7.90. The number of sulfone groups is 1. The molecular weight excluding hydrogens is 314 g/mol. The number of nitrogens with one attached hydrogen (secondary N) is 2. The largest absolute Gasteiger partial charge is 0.352 e. The van der Waals surface area contributed by atoms with E-state index in [1.807, 2.05) is 6.92 Å². The molecule has 1 aliphatic heterocycles. The third-order valence-electron chi connectivity index (χ3n) is 4.03. The molecule has 1 fully saturated rings. The molecular formula is C16H25N3O3S. The first kappa shape index (κ1) is 17.9. The van der Waals surface area contributed by atoms with E-state index in [1.165, 1.54) is 12.1 Å². The fourth-order valence-corrected chi connectivity index (χ4v) is 3.26. The van der Waals surface area contributed by atoms with Crippen LogP contribution in [0.2, 0.25) is 0 Å². The summed E-state index contributed by atoms with van der Waals surface area (Å²) in [5.74, 6) is -0.215. The molecule has 0 aliphatic carbocycles. The smallest absolute Gasteiger partial charge is 0.251 e. The van der Waals surface area contributed by atoms with Gasteiger partial charge < -0.3 is 15.5 Å². The highest BCUT2D eigenvalue weighted by atomic mass is 32.2. The molecule has 0 bridgehead atoms. The first-order valence-electron chi connectivity index (χ1n) is 7.90. The summed E-state index contributed by atoms with van der Waals surface area (Å²) in [6, 6.07) is 4.66. The van der Waals surface area contributed by atoms with E-state index in [2.05, 4.69) is 15.5 Å². The predicted octanol–water partition coefficient (Wildman–Crippen LogP) is 0.424. The lowest BCUT2D eigenvalue weighted by Crippen LogP contribution is -2.44. The first-order chi connectivity index (χ1) is 10.9. The number of amides is 1. The molecule has 1 saturated heterocycles. The summed E-state index contributed by atoms with van der Waals surface area (Å²) in [6.45, 7) is 7.48. The van der Waals surface area contributed by atoms with E-state index in [-0.39, 0.29) is 10.8 Å². The summed E-state index contributed by atoms with van der Waals surface area (Å²) < 4.78 is 23.2. The predicted molar refractivity (Wildman–Crippen MR) is 90.5 cm³/mol. The lowest BCUT2D eigenvalue weighted by Gasteiger charge is -2.27. The van der Waals surface area contributed by atoms with E-state index in [4.69, 9.17) is 0 Å². The van der Waals surface area contributed by atoms with Gasteiger partial charge in [0, 0.05) is 44.5 Å². The van der Waals surface area contributed by atoms with Crippen LogP contribution >= 0.6 is 0 Å². The molecule has 2 N–H and O–H groups in total. The number of hydrogen-bond acceptors (Lipinski definition) is 5. The number of nitrogens with zero attached hydrogens (tertiary/aromatic N) is 1. The number of rotatable bonds is 6. The molecule has 1 aromatic rings. The molecule has 0 saturated carbocycles. The zero-order valence-electron chi connectivity index (χ0n) is 13.8. The molecule has 1 aromatic carbocycles. The molecule has 7 heteroatoms. The molecule has 0 aromatic heterocycles. The Morgan fingerprint density at radius 3 is 2.65 bits per heavy atom. The third kappa shape index (κ3) is 5.30. The van der Waals surface area contributed by atoms with Gasteiger partial charge in [0.25, 0.3) is 5.91 Å². The van der Waals surface area contributed by atoms with Crippen LogP contribution in [0.15, 0.2) is 23.1 Å². The van der Waals surface area contributed by atoms with Crippen molar-refractivity contribution in [2.45, 2.75) is 18.2 Å². The van der Waals surface area contributed by atoms with Gasteiger partial charge in [-0.2, -0.15) is 0 Å². The second-order valence-electron chi connectivity index (χ2n) is 5.95. The van der Waals surface area contributed by atoms with Crippen molar-refractivity contribution in [3.05, 3.63) is 29.3 Å². The highest BCUT2D eigenvalue weighted by Gasteiger charge is 2.14. The van der Waals surface area contributed by atoms with E-state index in [9.17, 15) is 13.2 Å². The number of carbonyl (C=O) groups is 1. The van der Waals surface area contributed by atoms with Gasteiger partial charge in [0.05, 0.1) is 4.90 Å². The molecule has 23 heavy (non-hydrogen) atoms. The van der Waals surface area contributed by atoms with Gasteiger partial charge in [-0.05, 0) is 37.6 Å². The zero-order chi connectivity index (χ0) is 16.9. The third-order valence-corrected chi connectivity index (χ3v) is 5.14. The van der Waals surface area contributed by atoms with Crippen molar-refractivity contribution < 1.29 is 13.2 Å². The Hall–Kier alpha value is -1.44. The molecule has 1 heterocycles. The maximum atomic E-state index is 12.3. The molecule has 2 rings (SSSR count). The number of hydrogen-bond donors (Lipinski definition) is 2. The highest BCUT2D eigenvalue weighted by Crippen LogP contribution is 2.15. The van der Waals surface area contributed by atoms with Crippen LogP contribution in [0.4, 0.5) is 0 Å². The minimum atomic E-state index is -3.31. The molecule has 0 unspecified atom stereocenters. The normalized spacial score (nSPS) is 16.3. The quantitative estimate of drug-likeness (QED) is 0.735.